The van der Waals surface area contributed by atoms with Gasteiger partial charge in [-0.3, -0.25) is 9.78 Å². The smallest absolute Gasteiger partial charge is 0.359 e. The quantitative estimate of drug-likeness (QED) is 0.715. The normalized spacial score (nSPS) is 14.9. The summed E-state index contributed by atoms with van der Waals surface area (Å²) in [7, 11) is 0. The second-order valence-electron chi connectivity index (χ2n) is 6.23. The summed E-state index contributed by atoms with van der Waals surface area (Å²) < 4.78 is 67.4. The third kappa shape index (κ3) is 7.13. The van der Waals surface area contributed by atoms with Gasteiger partial charge in [-0.1, -0.05) is 0 Å². The molecule has 2 aromatic heterocycles. The van der Waals surface area contributed by atoms with Gasteiger partial charge >= 0.3 is 12.5 Å². The summed E-state index contributed by atoms with van der Waals surface area (Å²) in [5.41, 5.74) is -0.111. The Morgan fingerprint density at radius 3 is 2.23 bits per heavy atom. The van der Waals surface area contributed by atoms with Crippen LogP contribution in [0.4, 0.5) is 32.2 Å². The molecule has 1 aliphatic rings. The minimum atomic E-state index is -5.00. The molecule has 30 heavy (non-hydrogen) atoms. The lowest BCUT2D eigenvalue weighted by Crippen LogP contribution is -2.48. The Bertz CT molecular complexity index is 847. The van der Waals surface area contributed by atoms with Crippen molar-refractivity contribution in [1.82, 2.24) is 19.9 Å². The number of hydrogen-bond acceptors (Lipinski definition) is 6. The molecule has 13 heteroatoms. The molecular formula is C17H17F6N5O2. The van der Waals surface area contributed by atoms with Crippen molar-refractivity contribution in [2.24, 2.45) is 0 Å². The van der Waals surface area contributed by atoms with E-state index in [1.54, 1.807) is 17.9 Å². The number of nitrogens with zero attached hydrogens (tertiary/aromatic N) is 4. The molecule has 0 aliphatic carbocycles. The molecule has 0 spiro atoms. The summed E-state index contributed by atoms with van der Waals surface area (Å²) in [5.74, 6) is 0.411. The molecule has 3 rings (SSSR count). The Labute approximate surface area is 166 Å². The van der Waals surface area contributed by atoms with Crippen LogP contribution in [0.25, 0.3) is 11.3 Å². The first kappa shape index (κ1) is 23.3. The fraction of sp³-hybridized carbons (Fsp3) is 0.412. The largest absolute Gasteiger partial charge is 0.519 e. The van der Waals surface area contributed by atoms with Crippen LogP contribution in [-0.2, 0) is 11.0 Å². The van der Waals surface area contributed by atoms with Crippen molar-refractivity contribution in [2.45, 2.75) is 31.9 Å². The zero-order valence-corrected chi connectivity index (χ0v) is 15.5. The van der Waals surface area contributed by atoms with E-state index in [4.69, 9.17) is 5.11 Å². The average molecular weight is 437 g/mol. The maximum atomic E-state index is 12.6. The highest BCUT2D eigenvalue weighted by molar-refractivity contribution is 5.84. The Hall–Kier alpha value is -2.96. The van der Waals surface area contributed by atoms with E-state index < -0.39 is 24.3 Å². The lowest BCUT2D eigenvalue weighted by atomic mass is 10.1. The minimum Gasteiger partial charge on any atom is -0.359 e. The molecule has 1 atom stereocenters. The van der Waals surface area contributed by atoms with Crippen molar-refractivity contribution in [1.29, 1.82) is 0 Å². The van der Waals surface area contributed by atoms with Crippen molar-refractivity contribution in [3.8, 4) is 11.3 Å². The van der Waals surface area contributed by atoms with Gasteiger partial charge in [0.25, 0.3) is 0 Å². The predicted molar refractivity (Wildman–Crippen MR) is 92.8 cm³/mol. The molecule has 0 unspecified atom stereocenters. The van der Waals surface area contributed by atoms with Crippen LogP contribution in [-0.4, -0.2) is 56.4 Å². The zero-order chi connectivity index (χ0) is 22.5. The van der Waals surface area contributed by atoms with Crippen LogP contribution in [0.5, 0.6) is 0 Å². The van der Waals surface area contributed by atoms with Crippen molar-refractivity contribution >= 4 is 11.7 Å². The van der Waals surface area contributed by atoms with E-state index >= 15 is 0 Å². The van der Waals surface area contributed by atoms with Gasteiger partial charge in [0, 0.05) is 30.9 Å². The molecular weight excluding hydrogens is 420 g/mol. The molecule has 2 N–H and O–H groups in total. The van der Waals surface area contributed by atoms with Crippen LogP contribution >= 0.6 is 0 Å². The summed E-state index contributed by atoms with van der Waals surface area (Å²) >= 11 is 0. The molecule has 7 nitrogen and oxygen atoms in total. The van der Waals surface area contributed by atoms with E-state index in [1.165, 1.54) is 12.4 Å². The maximum Gasteiger partial charge on any atom is 0.519 e. The standard InChI is InChI=1S/C16H16F3N5O.CHF3O/c1-10(15(25)24-5-2-6-24)23-14-7-12(21-9-22-14)11-3-4-13(20-8-11)16(17,18)19;2-1(3,4)5/h3-4,7-10H,2,5-6H2,1H3,(H,21,22,23);5H/t10-;/m1./s1. The Balaban J connectivity index is 0.000000575. The number of alkyl halides is 6. The second kappa shape index (κ2) is 9.24. The molecule has 0 radical (unpaired) electrons. The minimum absolute atomic E-state index is 0.0115. The SMILES string of the molecule is C[C@@H](Nc1cc(-c2ccc(C(F)(F)F)nc2)ncn1)C(=O)N1CCC1.OC(F)(F)F. The molecule has 0 aromatic carbocycles. The number of anilines is 1. The van der Waals surface area contributed by atoms with E-state index in [9.17, 15) is 31.1 Å². The summed E-state index contributed by atoms with van der Waals surface area (Å²) in [4.78, 5) is 25.4. The number of carbonyl (C=O) groups excluding carboxylic acids is 1. The van der Waals surface area contributed by atoms with Crippen LogP contribution in [0.2, 0.25) is 0 Å². The van der Waals surface area contributed by atoms with Crippen LogP contribution < -0.4 is 5.32 Å². The fourth-order valence-electron chi connectivity index (χ4n) is 2.40. The van der Waals surface area contributed by atoms with Crippen LogP contribution in [0.1, 0.15) is 19.0 Å². The van der Waals surface area contributed by atoms with Gasteiger partial charge in [0.2, 0.25) is 5.91 Å². The van der Waals surface area contributed by atoms with Crippen molar-refractivity contribution in [2.75, 3.05) is 18.4 Å². The highest BCUT2D eigenvalue weighted by Crippen LogP contribution is 2.28. The monoisotopic (exact) mass is 437 g/mol. The van der Waals surface area contributed by atoms with Crippen LogP contribution in [0, 0.1) is 0 Å². The Morgan fingerprint density at radius 1 is 1.13 bits per heavy atom. The molecule has 1 amide bonds. The molecule has 0 saturated carbocycles. The molecule has 1 saturated heterocycles. The lowest BCUT2D eigenvalue weighted by Gasteiger charge is -2.33. The first-order chi connectivity index (χ1) is 13.8. The Morgan fingerprint density at radius 2 is 1.77 bits per heavy atom. The first-order valence-electron chi connectivity index (χ1n) is 8.54. The number of amides is 1. The van der Waals surface area contributed by atoms with Gasteiger partial charge in [0.15, 0.2) is 0 Å². The summed E-state index contributed by atoms with van der Waals surface area (Å²) in [5, 5.41) is 9.51. The van der Waals surface area contributed by atoms with Gasteiger partial charge < -0.3 is 15.3 Å². The number of aromatic nitrogens is 3. The summed E-state index contributed by atoms with van der Waals surface area (Å²) in [6.07, 6.45) is -6.07. The highest BCUT2D eigenvalue weighted by atomic mass is 19.4. The number of aliphatic hydroxyl groups is 1. The topological polar surface area (TPSA) is 91.2 Å². The molecule has 2 aromatic rings. The number of hydrogen-bond donors (Lipinski definition) is 2. The van der Waals surface area contributed by atoms with Crippen molar-refractivity contribution in [3.05, 3.63) is 36.4 Å². The molecule has 0 bridgehead atoms. The lowest BCUT2D eigenvalue weighted by molar-refractivity contribution is -0.295. The van der Waals surface area contributed by atoms with Gasteiger partial charge in [-0.25, -0.2) is 9.97 Å². The fourth-order valence-corrected chi connectivity index (χ4v) is 2.40. The van der Waals surface area contributed by atoms with Crippen molar-refractivity contribution < 1.29 is 36.2 Å². The molecule has 164 valence electrons. The number of halogens is 6. The molecule has 1 aliphatic heterocycles. The van der Waals surface area contributed by atoms with Crippen molar-refractivity contribution in [3.63, 3.8) is 0 Å². The number of likely N-dealkylation sites (tertiary alicyclic amines) is 1. The van der Waals surface area contributed by atoms with Gasteiger partial charge in [0.05, 0.1) is 5.69 Å². The van der Waals surface area contributed by atoms with E-state index in [0.717, 1.165) is 31.8 Å². The predicted octanol–water partition coefficient (Wildman–Crippen LogP) is 3.09. The summed E-state index contributed by atoms with van der Waals surface area (Å²) in [6.45, 7) is 3.26. The number of carbonyl (C=O) groups is 1. The van der Waals surface area contributed by atoms with Gasteiger partial charge in [0.1, 0.15) is 23.9 Å². The van der Waals surface area contributed by atoms with Crippen LogP contribution in [0.3, 0.4) is 0 Å². The first-order valence-corrected chi connectivity index (χ1v) is 8.54. The summed E-state index contributed by atoms with van der Waals surface area (Å²) in [6, 6.07) is 3.33. The van der Waals surface area contributed by atoms with E-state index in [0.29, 0.717) is 17.1 Å². The second-order valence-corrected chi connectivity index (χ2v) is 6.23. The number of rotatable bonds is 4. The van der Waals surface area contributed by atoms with Gasteiger partial charge in [-0.05, 0) is 25.5 Å². The van der Waals surface area contributed by atoms with Crippen LogP contribution in [0.15, 0.2) is 30.7 Å². The van der Waals surface area contributed by atoms with Gasteiger partial charge in [-0.2, -0.15) is 13.2 Å². The highest BCUT2D eigenvalue weighted by Gasteiger charge is 2.32. The van der Waals surface area contributed by atoms with E-state index in [2.05, 4.69) is 20.3 Å². The maximum absolute atomic E-state index is 12.6. The Kier molecular flexibility index (Phi) is 7.18. The zero-order valence-electron chi connectivity index (χ0n) is 15.5. The third-order valence-corrected chi connectivity index (χ3v) is 3.92. The number of nitrogens with one attached hydrogen (secondary N) is 1. The van der Waals surface area contributed by atoms with Gasteiger partial charge in [-0.15, -0.1) is 13.2 Å². The van der Waals surface area contributed by atoms with E-state index in [1.807, 2.05) is 0 Å². The molecule has 1 fully saturated rings. The van der Waals surface area contributed by atoms with E-state index in [-0.39, 0.29) is 5.91 Å². The number of pyridine rings is 1. The third-order valence-electron chi connectivity index (χ3n) is 3.92. The molecule has 3 heterocycles. The average Bonchev–Trinajstić information content (AvgIpc) is 2.58.